The van der Waals surface area contributed by atoms with Gasteiger partial charge in [0.05, 0.1) is 0 Å². The van der Waals surface area contributed by atoms with E-state index in [4.69, 9.17) is 6.57 Å². The van der Waals surface area contributed by atoms with E-state index in [2.05, 4.69) is 34.4 Å². The first-order valence-corrected chi connectivity index (χ1v) is 6.49. The molecule has 0 aliphatic heterocycles. The molecule has 0 aromatic heterocycles. The van der Waals surface area contributed by atoms with Gasteiger partial charge in [0.15, 0.2) is 0 Å². The van der Waals surface area contributed by atoms with Gasteiger partial charge in [0.1, 0.15) is 0 Å². The molecule has 0 fully saturated rings. The van der Waals surface area contributed by atoms with Gasteiger partial charge in [-0.05, 0) is 23.2 Å². The van der Waals surface area contributed by atoms with Crippen LogP contribution in [0.1, 0.15) is 46.5 Å². The summed E-state index contributed by atoms with van der Waals surface area (Å²) in [6.07, 6.45) is 4.84. The molecule has 0 aromatic rings. The predicted molar refractivity (Wildman–Crippen MR) is 67.2 cm³/mol. The largest absolute Gasteiger partial charge is 0.311 e. The van der Waals surface area contributed by atoms with Gasteiger partial charge in [0, 0.05) is 20.3 Å². The molecule has 1 unspecified atom stereocenters. The van der Waals surface area contributed by atoms with E-state index < -0.39 is 0 Å². The maximum atomic E-state index is 7.00. The van der Waals surface area contributed by atoms with Crippen LogP contribution in [-0.2, 0) is 0 Å². The maximum absolute atomic E-state index is 7.00. The topological polar surface area (TPSA) is 4.36 Å². The molecule has 0 heterocycles. The molecule has 0 aromatic carbocycles. The van der Waals surface area contributed by atoms with E-state index >= 15 is 0 Å². The second-order valence-corrected chi connectivity index (χ2v) is 5.48. The van der Waals surface area contributed by atoms with Crippen LogP contribution in [0.3, 0.4) is 0 Å². The average molecular weight is 293 g/mol. The van der Waals surface area contributed by atoms with Gasteiger partial charge in [-0.25, -0.2) is 6.57 Å². The van der Waals surface area contributed by atoms with Crippen molar-refractivity contribution >= 4 is 22.6 Å². The number of halogens is 1. The zero-order chi connectivity index (χ0) is 10.3. The summed E-state index contributed by atoms with van der Waals surface area (Å²) in [7, 11) is 0. The van der Waals surface area contributed by atoms with Gasteiger partial charge in [-0.15, -0.1) is 0 Å². The lowest BCUT2D eigenvalue weighted by atomic mass is 9.94. The van der Waals surface area contributed by atoms with Gasteiger partial charge < -0.3 is 4.85 Å². The van der Waals surface area contributed by atoms with Crippen LogP contribution in [-0.4, -0.2) is 9.97 Å². The Labute approximate surface area is 96.3 Å². The third-order valence-corrected chi connectivity index (χ3v) is 3.01. The van der Waals surface area contributed by atoms with Crippen molar-refractivity contribution in [3.63, 3.8) is 0 Å². The molecular weight excluding hydrogens is 273 g/mol. The molecule has 0 saturated heterocycles. The van der Waals surface area contributed by atoms with Gasteiger partial charge >= 0.3 is 0 Å². The second-order valence-electron chi connectivity index (χ2n) is 4.40. The molecule has 1 nitrogen and oxygen atoms in total. The molecule has 0 aliphatic carbocycles. The van der Waals surface area contributed by atoms with E-state index in [-0.39, 0.29) is 5.54 Å². The molecule has 0 bridgehead atoms. The fourth-order valence-corrected chi connectivity index (χ4v) is 2.33. The minimum Gasteiger partial charge on any atom is -0.311 e. The van der Waals surface area contributed by atoms with Crippen LogP contribution in [0.25, 0.3) is 4.85 Å². The minimum absolute atomic E-state index is 0.135. The summed E-state index contributed by atoms with van der Waals surface area (Å²) in [5.41, 5.74) is -0.135. The van der Waals surface area contributed by atoms with E-state index in [0.29, 0.717) is 0 Å². The SMILES string of the molecule is [C-]#[N+]C(C)(C)CCCC(C)CCI. The molecule has 1 atom stereocenters. The van der Waals surface area contributed by atoms with E-state index in [1.54, 1.807) is 0 Å². The van der Waals surface area contributed by atoms with Crippen LogP contribution in [0, 0.1) is 12.5 Å². The number of rotatable bonds is 6. The minimum atomic E-state index is -0.135. The Hall–Kier alpha value is 0.220. The van der Waals surface area contributed by atoms with E-state index in [1.165, 1.54) is 23.7 Å². The third-order valence-electron chi connectivity index (χ3n) is 2.39. The Balaban J connectivity index is 3.51. The lowest BCUT2D eigenvalue weighted by molar-refractivity contribution is 0.445. The highest BCUT2D eigenvalue weighted by molar-refractivity contribution is 14.1. The van der Waals surface area contributed by atoms with Crippen LogP contribution < -0.4 is 0 Å². The highest BCUT2D eigenvalue weighted by Gasteiger charge is 2.21. The lowest BCUT2D eigenvalue weighted by Gasteiger charge is -2.13. The lowest BCUT2D eigenvalue weighted by Crippen LogP contribution is -2.13. The Morgan fingerprint density at radius 3 is 2.46 bits per heavy atom. The molecule has 0 saturated carbocycles. The summed E-state index contributed by atoms with van der Waals surface area (Å²) in [4.78, 5) is 3.61. The monoisotopic (exact) mass is 293 g/mol. The van der Waals surface area contributed by atoms with Crippen molar-refractivity contribution in [2.45, 2.75) is 52.0 Å². The highest BCUT2D eigenvalue weighted by Crippen LogP contribution is 2.21. The molecular formula is C11H20IN. The van der Waals surface area contributed by atoms with E-state index in [9.17, 15) is 0 Å². The summed E-state index contributed by atoms with van der Waals surface area (Å²) in [5, 5.41) is 0. The van der Waals surface area contributed by atoms with E-state index in [0.717, 1.165) is 12.3 Å². The molecule has 0 radical (unpaired) electrons. The summed E-state index contributed by atoms with van der Waals surface area (Å²) in [5.74, 6) is 0.832. The Morgan fingerprint density at radius 1 is 1.38 bits per heavy atom. The zero-order valence-corrected chi connectivity index (χ0v) is 11.1. The van der Waals surface area contributed by atoms with Crippen LogP contribution in [0.5, 0.6) is 0 Å². The fourth-order valence-electron chi connectivity index (χ4n) is 1.27. The number of hydrogen-bond acceptors (Lipinski definition) is 0. The molecule has 0 amide bonds. The standard InChI is InChI=1S/C11H20IN/c1-10(7-9-12)6-5-8-11(2,3)13-4/h10H,5-9H2,1-3H3. The number of nitrogens with zero attached hydrogens (tertiary/aromatic N) is 1. The summed E-state index contributed by atoms with van der Waals surface area (Å²) >= 11 is 2.43. The average Bonchev–Trinajstić information content (AvgIpc) is 2.05. The van der Waals surface area contributed by atoms with E-state index in [1.807, 2.05) is 13.8 Å². The fraction of sp³-hybridized carbons (Fsp3) is 0.909. The van der Waals surface area contributed by atoms with Gasteiger partial charge in [0.2, 0.25) is 5.54 Å². The van der Waals surface area contributed by atoms with Crippen LogP contribution in [0.15, 0.2) is 0 Å². The third kappa shape index (κ3) is 7.30. The first-order chi connectivity index (χ1) is 6.02. The van der Waals surface area contributed by atoms with Crippen LogP contribution >= 0.6 is 22.6 Å². The second kappa shape index (κ2) is 6.64. The van der Waals surface area contributed by atoms with Gasteiger partial charge in [-0.2, -0.15) is 0 Å². The van der Waals surface area contributed by atoms with Crippen molar-refractivity contribution in [2.75, 3.05) is 4.43 Å². The van der Waals surface area contributed by atoms with Crippen molar-refractivity contribution in [2.24, 2.45) is 5.92 Å². The molecule has 76 valence electrons. The smallest absolute Gasteiger partial charge is 0.227 e. The molecule has 0 rings (SSSR count). The van der Waals surface area contributed by atoms with Gasteiger partial charge in [-0.1, -0.05) is 35.9 Å². The van der Waals surface area contributed by atoms with Gasteiger partial charge in [0.25, 0.3) is 0 Å². The molecule has 2 heteroatoms. The van der Waals surface area contributed by atoms with Crippen LogP contribution in [0.2, 0.25) is 0 Å². The normalized spacial score (nSPS) is 13.8. The summed E-state index contributed by atoms with van der Waals surface area (Å²) < 4.78 is 1.26. The van der Waals surface area contributed by atoms with Gasteiger partial charge in [-0.3, -0.25) is 0 Å². The molecule has 0 spiro atoms. The quantitative estimate of drug-likeness (QED) is 0.390. The Bertz CT molecular complexity index is 169. The molecule has 13 heavy (non-hydrogen) atoms. The zero-order valence-electron chi connectivity index (χ0n) is 8.94. The highest BCUT2D eigenvalue weighted by atomic mass is 127. The van der Waals surface area contributed by atoms with Crippen molar-refractivity contribution < 1.29 is 0 Å². The summed E-state index contributed by atoms with van der Waals surface area (Å²) in [6, 6.07) is 0. The van der Waals surface area contributed by atoms with Crippen molar-refractivity contribution in [3.05, 3.63) is 11.4 Å². The molecule has 0 N–H and O–H groups in total. The van der Waals surface area contributed by atoms with Crippen LogP contribution in [0.4, 0.5) is 0 Å². The van der Waals surface area contributed by atoms with Crippen molar-refractivity contribution in [1.29, 1.82) is 0 Å². The molecule has 0 aliphatic rings. The Kier molecular flexibility index (Phi) is 6.75. The van der Waals surface area contributed by atoms with Crippen molar-refractivity contribution in [1.82, 2.24) is 0 Å². The number of hydrogen-bond donors (Lipinski definition) is 0. The number of alkyl halides is 1. The maximum Gasteiger partial charge on any atom is 0.227 e. The summed E-state index contributed by atoms with van der Waals surface area (Å²) in [6.45, 7) is 13.4. The first-order valence-electron chi connectivity index (χ1n) is 4.96. The van der Waals surface area contributed by atoms with Crippen molar-refractivity contribution in [3.8, 4) is 0 Å². The first kappa shape index (κ1) is 13.2. The Morgan fingerprint density at radius 2 is 2.00 bits per heavy atom. The predicted octanol–water partition coefficient (Wildman–Crippen LogP) is 4.32.